The molecule has 0 bridgehead atoms. The van der Waals surface area contributed by atoms with Crippen LogP contribution >= 0.6 is 12.2 Å². The lowest BCUT2D eigenvalue weighted by molar-refractivity contribution is 0.0977. The molecular weight excluding hydrogens is 322 g/mol. The third-order valence-electron chi connectivity index (χ3n) is 3.09. The number of ether oxygens (including phenoxy) is 1. The van der Waals surface area contributed by atoms with Gasteiger partial charge in [0.25, 0.3) is 5.91 Å². The third-order valence-corrected chi connectivity index (χ3v) is 3.30. The van der Waals surface area contributed by atoms with Crippen molar-refractivity contribution in [3.63, 3.8) is 0 Å². The summed E-state index contributed by atoms with van der Waals surface area (Å²) in [6.45, 7) is 2.61. The van der Waals surface area contributed by atoms with Crippen molar-refractivity contribution in [2.75, 3.05) is 11.9 Å². The van der Waals surface area contributed by atoms with Gasteiger partial charge in [-0.25, -0.2) is 0 Å². The SMILES string of the molecule is CCCOc1cccc(C(=O)NC(=S)Nc2ccccc2C#N)c1. The number of thiocarbonyl (C=S) groups is 1. The van der Waals surface area contributed by atoms with E-state index in [1.807, 2.05) is 6.92 Å². The second-order valence-electron chi connectivity index (χ2n) is 4.94. The van der Waals surface area contributed by atoms with E-state index < -0.39 is 0 Å². The molecule has 0 fully saturated rings. The van der Waals surface area contributed by atoms with Crippen LogP contribution in [0.25, 0.3) is 0 Å². The fourth-order valence-electron chi connectivity index (χ4n) is 1.97. The molecule has 5 nitrogen and oxygen atoms in total. The molecule has 1 amide bonds. The first kappa shape index (κ1) is 17.4. The number of hydrogen-bond donors (Lipinski definition) is 2. The Bertz CT molecular complexity index is 784. The van der Waals surface area contributed by atoms with Gasteiger partial charge in [0.05, 0.1) is 17.9 Å². The second-order valence-corrected chi connectivity index (χ2v) is 5.35. The molecule has 6 heteroatoms. The second kappa shape index (κ2) is 8.65. The molecule has 0 atom stereocenters. The molecule has 0 spiro atoms. The molecule has 0 saturated heterocycles. The van der Waals surface area contributed by atoms with Crippen molar-refractivity contribution in [1.82, 2.24) is 5.32 Å². The van der Waals surface area contributed by atoms with E-state index in [0.29, 0.717) is 29.2 Å². The Labute approximate surface area is 146 Å². The molecule has 0 aliphatic carbocycles. The van der Waals surface area contributed by atoms with E-state index in [4.69, 9.17) is 22.2 Å². The van der Waals surface area contributed by atoms with Gasteiger partial charge in [-0.1, -0.05) is 25.1 Å². The standard InChI is InChI=1S/C18H17N3O2S/c1-2-10-23-15-8-5-7-13(11-15)17(22)21-18(24)20-16-9-4-3-6-14(16)12-19/h3-9,11H,2,10H2,1H3,(H2,20,21,22,24). The van der Waals surface area contributed by atoms with E-state index in [2.05, 4.69) is 16.7 Å². The maximum Gasteiger partial charge on any atom is 0.257 e. The number of hydrogen-bond acceptors (Lipinski definition) is 4. The van der Waals surface area contributed by atoms with E-state index in [1.54, 1.807) is 48.5 Å². The molecule has 0 aromatic heterocycles. The van der Waals surface area contributed by atoms with E-state index in [1.165, 1.54) is 0 Å². The van der Waals surface area contributed by atoms with Gasteiger partial charge in [-0.2, -0.15) is 5.26 Å². The Morgan fingerprint density at radius 1 is 1.25 bits per heavy atom. The first-order valence-corrected chi connectivity index (χ1v) is 7.89. The normalized spacial score (nSPS) is 9.67. The van der Waals surface area contributed by atoms with E-state index in [-0.39, 0.29) is 11.0 Å². The van der Waals surface area contributed by atoms with Gasteiger partial charge in [0.1, 0.15) is 11.8 Å². The number of carbonyl (C=O) groups excluding carboxylic acids is 1. The maximum atomic E-state index is 12.3. The molecule has 0 aliphatic rings. The summed E-state index contributed by atoms with van der Waals surface area (Å²) in [4.78, 5) is 12.3. The van der Waals surface area contributed by atoms with Crippen molar-refractivity contribution in [3.8, 4) is 11.8 Å². The van der Waals surface area contributed by atoms with Gasteiger partial charge >= 0.3 is 0 Å². The zero-order valence-corrected chi connectivity index (χ0v) is 14.0. The predicted molar refractivity (Wildman–Crippen MR) is 97.1 cm³/mol. The molecule has 2 rings (SSSR count). The number of nitriles is 1. The van der Waals surface area contributed by atoms with Crippen molar-refractivity contribution in [1.29, 1.82) is 5.26 Å². The van der Waals surface area contributed by atoms with Crippen LogP contribution in [-0.4, -0.2) is 17.6 Å². The molecule has 2 aromatic rings. The van der Waals surface area contributed by atoms with Crippen LogP contribution in [-0.2, 0) is 0 Å². The lowest BCUT2D eigenvalue weighted by Crippen LogP contribution is -2.34. The van der Waals surface area contributed by atoms with Gasteiger partial charge in [-0.15, -0.1) is 0 Å². The number of rotatable bonds is 5. The van der Waals surface area contributed by atoms with Crippen LogP contribution in [0.2, 0.25) is 0 Å². The minimum absolute atomic E-state index is 0.127. The number of amides is 1. The van der Waals surface area contributed by atoms with Gasteiger partial charge in [0.2, 0.25) is 0 Å². The van der Waals surface area contributed by atoms with E-state index >= 15 is 0 Å². The van der Waals surface area contributed by atoms with Crippen LogP contribution in [0, 0.1) is 11.3 Å². The highest BCUT2D eigenvalue weighted by atomic mass is 32.1. The van der Waals surface area contributed by atoms with Crippen LogP contribution in [0.4, 0.5) is 5.69 Å². The summed E-state index contributed by atoms with van der Waals surface area (Å²) >= 11 is 5.14. The zero-order valence-electron chi connectivity index (χ0n) is 13.2. The molecule has 2 aromatic carbocycles. The van der Waals surface area contributed by atoms with Gasteiger partial charge < -0.3 is 10.1 Å². The molecule has 122 valence electrons. The Morgan fingerprint density at radius 3 is 2.79 bits per heavy atom. The Kier molecular flexibility index (Phi) is 6.29. The van der Waals surface area contributed by atoms with Crippen molar-refractivity contribution in [3.05, 3.63) is 59.7 Å². The highest BCUT2D eigenvalue weighted by molar-refractivity contribution is 7.80. The number of para-hydroxylation sites is 1. The minimum Gasteiger partial charge on any atom is -0.494 e. The Morgan fingerprint density at radius 2 is 2.04 bits per heavy atom. The zero-order chi connectivity index (χ0) is 17.4. The lowest BCUT2D eigenvalue weighted by atomic mass is 10.2. The number of nitrogens with one attached hydrogen (secondary N) is 2. The summed E-state index contributed by atoms with van der Waals surface area (Å²) in [6, 6.07) is 15.9. The quantitative estimate of drug-likeness (QED) is 0.816. The number of anilines is 1. The summed E-state index contributed by atoms with van der Waals surface area (Å²) < 4.78 is 5.51. The monoisotopic (exact) mass is 339 g/mol. The third kappa shape index (κ3) is 4.80. The van der Waals surface area contributed by atoms with Crippen LogP contribution in [0.1, 0.15) is 29.3 Å². The Hall–Kier alpha value is -2.91. The van der Waals surface area contributed by atoms with Gasteiger partial charge in [-0.3, -0.25) is 10.1 Å². The van der Waals surface area contributed by atoms with Gasteiger partial charge in [-0.05, 0) is 49.0 Å². The first-order valence-electron chi connectivity index (χ1n) is 7.48. The predicted octanol–water partition coefficient (Wildman–Crippen LogP) is 3.47. The maximum absolute atomic E-state index is 12.3. The summed E-state index contributed by atoms with van der Waals surface area (Å²) in [5, 5.41) is 14.6. The molecule has 0 radical (unpaired) electrons. The summed E-state index contributed by atoms with van der Waals surface area (Å²) in [6.07, 6.45) is 0.892. The van der Waals surface area contributed by atoms with Crippen LogP contribution in [0.15, 0.2) is 48.5 Å². The lowest BCUT2D eigenvalue weighted by Gasteiger charge is -2.11. The fourth-order valence-corrected chi connectivity index (χ4v) is 2.17. The number of carbonyl (C=O) groups is 1. The first-order chi connectivity index (χ1) is 11.6. The van der Waals surface area contributed by atoms with E-state index in [0.717, 1.165) is 6.42 Å². The molecule has 24 heavy (non-hydrogen) atoms. The molecule has 2 N–H and O–H groups in total. The summed E-state index contributed by atoms with van der Waals surface area (Å²) in [5.74, 6) is 0.294. The van der Waals surface area contributed by atoms with Crippen LogP contribution in [0.5, 0.6) is 5.75 Å². The molecular formula is C18H17N3O2S. The highest BCUT2D eigenvalue weighted by Gasteiger charge is 2.10. The van der Waals surface area contributed by atoms with Crippen LogP contribution in [0.3, 0.4) is 0 Å². The molecule has 0 unspecified atom stereocenters. The number of benzene rings is 2. The summed E-state index contributed by atoms with van der Waals surface area (Å²) in [7, 11) is 0. The van der Waals surface area contributed by atoms with Gasteiger partial charge in [0.15, 0.2) is 5.11 Å². The van der Waals surface area contributed by atoms with Crippen molar-refractivity contribution in [2.24, 2.45) is 0 Å². The van der Waals surface area contributed by atoms with Crippen molar-refractivity contribution >= 4 is 28.9 Å². The summed E-state index contributed by atoms with van der Waals surface area (Å²) in [5.41, 5.74) is 1.44. The minimum atomic E-state index is -0.344. The van der Waals surface area contributed by atoms with Crippen LogP contribution < -0.4 is 15.4 Å². The smallest absolute Gasteiger partial charge is 0.257 e. The van der Waals surface area contributed by atoms with E-state index in [9.17, 15) is 4.79 Å². The van der Waals surface area contributed by atoms with Crippen molar-refractivity contribution in [2.45, 2.75) is 13.3 Å². The largest absolute Gasteiger partial charge is 0.494 e. The molecule has 0 saturated carbocycles. The topological polar surface area (TPSA) is 74.2 Å². The van der Waals surface area contributed by atoms with Crippen molar-refractivity contribution < 1.29 is 9.53 Å². The fraction of sp³-hybridized carbons (Fsp3) is 0.167. The molecule has 0 aliphatic heterocycles. The van der Waals surface area contributed by atoms with Gasteiger partial charge in [0, 0.05) is 5.56 Å². The average Bonchev–Trinajstić information content (AvgIpc) is 2.60. The average molecular weight is 339 g/mol. The number of nitrogens with zero attached hydrogens (tertiary/aromatic N) is 1. The highest BCUT2D eigenvalue weighted by Crippen LogP contribution is 2.15. The Balaban J connectivity index is 2.01. The molecule has 0 heterocycles.